The number of ether oxygens (including phenoxy) is 2. The second kappa shape index (κ2) is 11.5. The molecule has 0 aliphatic rings. The van der Waals surface area contributed by atoms with Gasteiger partial charge in [0.1, 0.15) is 5.82 Å². The lowest BCUT2D eigenvalue weighted by Gasteiger charge is -2.22. The highest BCUT2D eigenvalue weighted by molar-refractivity contribution is 5.44. The number of nitrogens with zero attached hydrogens (tertiary/aromatic N) is 1. The van der Waals surface area contributed by atoms with E-state index < -0.39 is 0 Å². The van der Waals surface area contributed by atoms with Crippen LogP contribution in [0.1, 0.15) is 13.8 Å². The van der Waals surface area contributed by atoms with Crippen LogP contribution >= 0.6 is 0 Å². The van der Waals surface area contributed by atoms with Crippen LogP contribution in [0.4, 0.5) is 10.1 Å². The van der Waals surface area contributed by atoms with Crippen molar-refractivity contribution >= 4 is 5.69 Å². The minimum Gasteiger partial charge on any atom is -0.381 e. The molecule has 1 aromatic carbocycles. The predicted octanol–water partition coefficient (Wildman–Crippen LogP) is 2.61. The van der Waals surface area contributed by atoms with Crippen LogP contribution in [0, 0.1) is 5.82 Å². The molecule has 0 aliphatic carbocycles. The first-order valence-corrected chi connectivity index (χ1v) is 7.64. The Bertz CT molecular complexity index is 367. The molecule has 0 saturated heterocycles. The monoisotopic (exact) mass is 298 g/mol. The van der Waals surface area contributed by atoms with Gasteiger partial charge in [0.05, 0.1) is 18.9 Å². The third kappa shape index (κ3) is 7.99. The van der Waals surface area contributed by atoms with E-state index in [1.807, 2.05) is 19.9 Å². The molecule has 0 bridgehead atoms. The van der Waals surface area contributed by atoms with Gasteiger partial charge in [0, 0.05) is 39.4 Å². The standard InChI is InChI=1S/C16H27FN2O2/c1-3-20-13-11-19(12-14-21-4-2)10-9-18-16-8-6-5-7-15(16)17/h5-8,18H,3-4,9-14H2,1-2H3. The topological polar surface area (TPSA) is 33.7 Å². The normalized spacial score (nSPS) is 11.0. The molecule has 0 aliphatic heterocycles. The molecular formula is C16H27FN2O2. The minimum atomic E-state index is -0.215. The van der Waals surface area contributed by atoms with Gasteiger partial charge in [-0.05, 0) is 26.0 Å². The van der Waals surface area contributed by atoms with Crippen LogP contribution in [0.2, 0.25) is 0 Å². The largest absolute Gasteiger partial charge is 0.381 e. The van der Waals surface area contributed by atoms with E-state index in [9.17, 15) is 4.39 Å². The van der Waals surface area contributed by atoms with E-state index in [2.05, 4.69) is 10.2 Å². The van der Waals surface area contributed by atoms with Gasteiger partial charge in [-0.3, -0.25) is 4.90 Å². The maximum atomic E-state index is 13.5. The molecule has 4 nitrogen and oxygen atoms in total. The van der Waals surface area contributed by atoms with Gasteiger partial charge in [-0.15, -0.1) is 0 Å². The summed E-state index contributed by atoms with van der Waals surface area (Å²) in [6.07, 6.45) is 0. The third-order valence-electron chi connectivity index (χ3n) is 3.13. The molecule has 0 aromatic heterocycles. The summed E-state index contributed by atoms with van der Waals surface area (Å²) in [5.74, 6) is -0.215. The summed E-state index contributed by atoms with van der Waals surface area (Å²) in [4.78, 5) is 2.26. The van der Waals surface area contributed by atoms with E-state index in [-0.39, 0.29) is 5.82 Å². The maximum absolute atomic E-state index is 13.5. The second-order valence-electron chi connectivity index (χ2n) is 4.64. The SMILES string of the molecule is CCOCCN(CCNc1ccccc1F)CCOCC. The number of halogens is 1. The fraction of sp³-hybridized carbons (Fsp3) is 0.625. The van der Waals surface area contributed by atoms with Crippen LogP contribution in [0.5, 0.6) is 0 Å². The first-order valence-electron chi connectivity index (χ1n) is 7.64. The molecule has 1 rings (SSSR count). The number of hydrogen-bond donors (Lipinski definition) is 1. The van der Waals surface area contributed by atoms with Crippen LogP contribution in [0.25, 0.3) is 0 Å². The number of hydrogen-bond acceptors (Lipinski definition) is 4. The summed E-state index contributed by atoms with van der Waals surface area (Å²) >= 11 is 0. The number of rotatable bonds is 12. The lowest BCUT2D eigenvalue weighted by Crippen LogP contribution is -2.35. The molecule has 0 amide bonds. The van der Waals surface area contributed by atoms with Gasteiger partial charge in [0.2, 0.25) is 0 Å². The summed E-state index contributed by atoms with van der Waals surface area (Å²) in [7, 11) is 0. The van der Waals surface area contributed by atoms with E-state index in [0.29, 0.717) is 25.4 Å². The maximum Gasteiger partial charge on any atom is 0.146 e. The highest BCUT2D eigenvalue weighted by atomic mass is 19.1. The molecule has 0 fully saturated rings. The smallest absolute Gasteiger partial charge is 0.146 e. The molecular weight excluding hydrogens is 271 g/mol. The lowest BCUT2D eigenvalue weighted by molar-refractivity contribution is 0.0846. The van der Waals surface area contributed by atoms with Crippen molar-refractivity contribution in [3.63, 3.8) is 0 Å². The summed E-state index contributed by atoms with van der Waals surface area (Å²) in [5, 5.41) is 3.13. The molecule has 120 valence electrons. The van der Waals surface area contributed by atoms with Crippen molar-refractivity contribution in [3.05, 3.63) is 30.1 Å². The Balaban J connectivity index is 2.31. The fourth-order valence-electron chi connectivity index (χ4n) is 1.96. The highest BCUT2D eigenvalue weighted by Gasteiger charge is 2.05. The predicted molar refractivity (Wildman–Crippen MR) is 84.3 cm³/mol. The van der Waals surface area contributed by atoms with Crippen molar-refractivity contribution in [2.45, 2.75) is 13.8 Å². The van der Waals surface area contributed by atoms with Crippen LogP contribution in [0.15, 0.2) is 24.3 Å². The Kier molecular flexibility index (Phi) is 9.78. The zero-order valence-corrected chi connectivity index (χ0v) is 13.1. The Labute approximate surface area is 127 Å². The average molecular weight is 298 g/mol. The lowest BCUT2D eigenvalue weighted by atomic mass is 10.3. The quantitative estimate of drug-likeness (QED) is 0.602. The number of benzene rings is 1. The Morgan fingerprint density at radius 3 is 2.19 bits per heavy atom. The van der Waals surface area contributed by atoms with Crippen molar-refractivity contribution in [2.24, 2.45) is 0 Å². The summed E-state index contributed by atoms with van der Waals surface area (Å²) in [5.41, 5.74) is 0.548. The van der Waals surface area contributed by atoms with E-state index in [1.165, 1.54) is 6.07 Å². The van der Waals surface area contributed by atoms with Crippen molar-refractivity contribution < 1.29 is 13.9 Å². The summed E-state index contributed by atoms with van der Waals surface area (Å²) in [6, 6.07) is 6.73. The van der Waals surface area contributed by atoms with Gasteiger partial charge in [-0.25, -0.2) is 4.39 Å². The van der Waals surface area contributed by atoms with E-state index >= 15 is 0 Å². The zero-order valence-electron chi connectivity index (χ0n) is 13.1. The molecule has 21 heavy (non-hydrogen) atoms. The van der Waals surface area contributed by atoms with Crippen LogP contribution in [-0.4, -0.2) is 57.5 Å². The van der Waals surface area contributed by atoms with Crippen LogP contribution in [0.3, 0.4) is 0 Å². The molecule has 0 spiro atoms. The average Bonchev–Trinajstić information content (AvgIpc) is 2.49. The Morgan fingerprint density at radius 1 is 1.00 bits per heavy atom. The zero-order chi connectivity index (χ0) is 15.3. The Morgan fingerprint density at radius 2 is 1.62 bits per heavy atom. The number of nitrogens with one attached hydrogen (secondary N) is 1. The van der Waals surface area contributed by atoms with Gasteiger partial charge >= 0.3 is 0 Å². The molecule has 0 radical (unpaired) electrons. The molecule has 1 N–H and O–H groups in total. The van der Waals surface area contributed by atoms with Crippen molar-refractivity contribution in [3.8, 4) is 0 Å². The third-order valence-corrected chi connectivity index (χ3v) is 3.13. The van der Waals surface area contributed by atoms with Crippen LogP contribution < -0.4 is 5.32 Å². The number of anilines is 1. The van der Waals surface area contributed by atoms with Crippen molar-refractivity contribution in [2.75, 3.05) is 57.9 Å². The molecule has 0 atom stereocenters. The number of para-hydroxylation sites is 1. The Hall–Kier alpha value is -1.17. The molecule has 1 aromatic rings. The molecule has 0 unspecified atom stereocenters. The highest BCUT2D eigenvalue weighted by Crippen LogP contribution is 2.11. The van der Waals surface area contributed by atoms with Crippen molar-refractivity contribution in [1.82, 2.24) is 4.90 Å². The van der Waals surface area contributed by atoms with Gasteiger partial charge < -0.3 is 14.8 Å². The van der Waals surface area contributed by atoms with Crippen molar-refractivity contribution in [1.29, 1.82) is 0 Å². The van der Waals surface area contributed by atoms with Gasteiger partial charge in [0.25, 0.3) is 0 Å². The first kappa shape index (κ1) is 17.9. The molecule has 0 heterocycles. The van der Waals surface area contributed by atoms with Gasteiger partial charge in [-0.2, -0.15) is 0 Å². The first-order chi connectivity index (χ1) is 10.3. The van der Waals surface area contributed by atoms with Crippen LogP contribution in [-0.2, 0) is 9.47 Å². The summed E-state index contributed by atoms with van der Waals surface area (Å²) < 4.78 is 24.3. The molecule has 5 heteroatoms. The molecule has 0 saturated carbocycles. The minimum absolute atomic E-state index is 0.215. The van der Waals surface area contributed by atoms with E-state index in [0.717, 1.165) is 32.8 Å². The second-order valence-corrected chi connectivity index (χ2v) is 4.64. The van der Waals surface area contributed by atoms with Gasteiger partial charge in [-0.1, -0.05) is 12.1 Å². The fourth-order valence-corrected chi connectivity index (χ4v) is 1.96. The van der Waals surface area contributed by atoms with Gasteiger partial charge in [0.15, 0.2) is 0 Å². The van der Waals surface area contributed by atoms with E-state index in [1.54, 1.807) is 12.1 Å². The summed E-state index contributed by atoms with van der Waals surface area (Å²) in [6.45, 7) is 10.1. The van der Waals surface area contributed by atoms with E-state index in [4.69, 9.17) is 9.47 Å².